The summed E-state index contributed by atoms with van der Waals surface area (Å²) in [4.78, 5) is 23.7. The summed E-state index contributed by atoms with van der Waals surface area (Å²) in [5.41, 5.74) is 1.91. The minimum Gasteiger partial charge on any atom is -0.457 e. The molecule has 2 rings (SSSR count). The summed E-state index contributed by atoms with van der Waals surface area (Å²) in [6.07, 6.45) is -0.161. The van der Waals surface area contributed by atoms with Crippen LogP contribution in [0.3, 0.4) is 0 Å². The molecule has 2 aromatic carbocycles. The van der Waals surface area contributed by atoms with E-state index in [0.29, 0.717) is 11.1 Å². The third-order valence-electron chi connectivity index (χ3n) is 3.71. The number of sulfonamides is 1. The first-order chi connectivity index (χ1) is 12.3. The third kappa shape index (κ3) is 5.50. The first-order valence-electron chi connectivity index (χ1n) is 8.10. The number of Topliss-reactive ketones (excluding diaryl/α,β-unsaturated/α-hetero) is 1. The van der Waals surface area contributed by atoms with E-state index in [0.717, 1.165) is 5.56 Å². The van der Waals surface area contributed by atoms with Crippen molar-refractivity contribution in [2.45, 2.75) is 25.2 Å². The Kier molecular flexibility index (Phi) is 6.65. The highest BCUT2D eigenvalue weighted by Gasteiger charge is 2.17. The Bertz CT molecular complexity index is 891. The van der Waals surface area contributed by atoms with Crippen molar-refractivity contribution in [2.24, 2.45) is 0 Å². The van der Waals surface area contributed by atoms with E-state index >= 15 is 0 Å². The Labute approximate surface area is 153 Å². The number of carbonyl (C=O) groups excluding carboxylic acids is 2. The van der Waals surface area contributed by atoms with Crippen LogP contribution in [0.4, 0.5) is 0 Å². The Morgan fingerprint density at radius 3 is 2.42 bits per heavy atom. The van der Waals surface area contributed by atoms with Crippen LogP contribution in [0.1, 0.15) is 27.9 Å². The highest BCUT2D eigenvalue weighted by atomic mass is 32.2. The summed E-state index contributed by atoms with van der Waals surface area (Å²) in [7, 11) is -3.71. The SMILES string of the molecule is Cc1ccc(C)c(S(=O)(=O)NCCC(=O)OCC(=O)c2ccccc2)c1. The van der Waals surface area contributed by atoms with Gasteiger partial charge in [-0.3, -0.25) is 9.59 Å². The van der Waals surface area contributed by atoms with Gasteiger partial charge in [0, 0.05) is 12.1 Å². The maximum Gasteiger partial charge on any atom is 0.307 e. The largest absolute Gasteiger partial charge is 0.457 e. The molecular formula is C19H21NO5S. The molecule has 6 nitrogen and oxygen atoms in total. The van der Waals surface area contributed by atoms with Gasteiger partial charge in [0.05, 0.1) is 11.3 Å². The van der Waals surface area contributed by atoms with Crippen LogP contribution in [0.5, 0.6) is 0 Å². The zero-order chi connectivity index (χ0) is 19.2. The monoisotopic (exact) mass is 375 g/mol. The molecule has 0 atom stereocenters. The number of benzene rings is 2. The summed E-state index contributed by atoms with van der Waals surface area (Å²) in [5.74, 6) is -0.951. The molecule has 138 valence electrons. The molecule has 0 bridgehead atoms. The Hall–Kier alpha value is -2.51. The lowest BCUT2D eigenvalue weighted by Gasteiger charge is -2.10. The van der Waals surface area contributed by atoms with Crippen LogP contribution >= 0.6 is 0 Å². The molecule has 0 aromatic heterocycles. The predicted octanol–water partition coefficient (Wildman–Crippen LogP) is 2.40. The number of rotatable bonds is 8. The first-order valence-corrected chi connectivity index (χ1v) is 9.59. The van der Waals surface area contributed by atoms with Gasteiger partial charge in [-0.25, -0.2) is 13.1 Å². The number of nitrogens with one attached hydrogen (secondary N) is 1. The van der Waals surface area contributed by atoms with Crippen LogP contribution < -0.4 is 4.72 Å². The average molecular weight is 375 g/mol. The Morgan fingerprint density at radius 1 is 1.04 bits per heavy atom. The van der Waals surface area contributed by atoms with Crippen LogP contribution in [0.2, 0.25) is 0 Å². The number of esters is 1. The molecule has 0 spiro atoms. The van der Waals surface area contributed by atoms with E-state index in [1.807, 2.05) is 6.07 Å². The maximum atomic E-state index is 12.3. The van der Waals surface area contributed by atoms with Gasteiger partial charge < -0.3 is 4.74 Å². The molecule has 0 saturated heterocycles. The van der Waals surface area contributed by atoms with Crippen LogP contribution in [-0.2, 0) is 19.6 Å². The lowest BCUT2D eigenvalue weighted by molar-refractivity contribution is -0.142. The molecule has 0 radical (unpaired) electrons. The van der Waals surface area contributed by atoms with Crippen molar-refractivity contribution < 1.29 is 22.7 Å². The topological polar surface area (TPSA) is 89.5 Å². The van der Waals surface area contributed by atoms with E-state index in [-0.39, 0.29) is 30.3 Å². The molecular weight excluding hydrogens is 354 g/mol. The van der Waals surface area contributed by atoms with Gasteiger partial charge in [-0.2, -0.15) is 0 Å². The number of aryl methyl sites for hydroxylation is 2. The quantitative estimate of drug-likeness (QED) is 0.565. The minimum absolute atomic E-state index is 0.103. The van der Waals surface area contributed by atoms with Gasteiger partial charge in [-0.05, 0) is 31.0 Å². The van der Waals surface area contributed by atoms with Crippen molar-refractivity contribution in [1.82, 2.24) is 4.72 Å². The van der Waals surface area contributed by atoms with Gasteiger partial charge in [0.25, 0.3) is 0 Å². The van der Waals surface area contributed by atoms with Crippen LogP contribution in [0.25, 0.3) is 0 Å². The molecule has 7 heteroatoms. The third-order valence-corrected chi connectivity index (χ3v) is 5.32. The van der Waals surface area contributed by atoms with Crippen LogP contribution in [0.15, 0.2) is 53.4 Å². The smallest absolute Gasteiger partial charge is 0.307 e. The van der Waals surface area contributed by atoms with Gasteiger partial charge in [0.1, 0.15) is 0 Å². The number of hydrogen-bond donors (Lipinski definition) is 1. The normalized spacial score (nSPS) is 11.2. The number of carbonyl (C=O) groups is 2. The number of ketones is 1. The molecule has 26 heavy (non-hydrogen) atoms. The van der Waals surface area contributed by atoms with Crippen molar-refractivity contribution >= 4 is 21.8 Å². The molecule has 0 amide bonds. The van der Waals surface area contributed by atoms with Crippen molar-refractivity contribution in [3.05, 3.63) is 65.2 Å². The summed E-state index contributed by atoms with van der Waals surface area (Å²) < 4.78 is 31.9. The summed E-state index contributed by atoms with van der Waals surface area (Å²) in [6.45, 7) is 3.04. The Balaban J connectivity index is 1.82. The summed E-state index contributed by atoms with van der Waals surface area (Å²) >= 11 is 0. The van der Waals surface area contributed by atoms with Gasteiger partial charge in [-0.1, -0.05) is 42.5 Å². The van der Waals surface area contributed by atoms with Crippen molar-refractivity contribution in [1.29, 1.82) is 0 Å². The van der Waals surface area contributed by atoms with E-state index in [1.54, 1.807) is 56.3 Å². The van der Waals surface area contributed by atoms with Crippen molar-refractivity contribution in [3.63, 3.8) is 0 Å². The van der Waals surface area contributed by atoms with E-state index in [2.05, 4.69) is 4.72 Å². The zero-order valence-electron chi connectivity index (χ0n) is 14.7. The van der Waals surface area contributed by atoms with E-state index in [1.165, 1.54) is 0 Å². The molecule has 0 heterocycles. The Morgan fingerprint density at radius 2 is 1.73 bits per heavy atom. The van der Waals surface area contributed by atoms with Crippen LogP contribution in [-0.4, -0.2) is 33.3 Å². The molecule has 0 saturated carbocycles. The summed E-state index contributed by atoms with van der Waals surface area (Å²) in [5, 5.41) is 0. The fourth-order valence-electron chi connectivity index (χ4n) is 2.29. The average Bonchev–Trinajstić information content (AvgIpc) is 2.62. The van der Waals surface area contributed by atoms with Crippen molar-refractivity contribution in [2.75, 3.05) is 13.2 Å². The molecule has 2 aromatic rings. The van der Waals surface area contributed by atoms with Crippen molar-refractivity contribution in [3.8, 4) is 0 Å². The fourth-order valence-corrected chi connectivity index (χ4v) is 3.65. The molecule has 0 unspecified atom stereocenters. The molecule has 0 aliphatic rings. The standard InChI is InChI=1S/C19H21NO5S/c1-14-8-9-15(2)18(12-14)26(23,24)20-11-10-19(22)25-13-17(21)16-6-4-3-5-7-16/h3-9,12,20H,10-11,13H2,1-2H3. The fraction of sp³-hybridized carbons (Fsp3) is 0.263. The van der Waals surface area contributed by atoms with Gasteiger partial charge in [0.15, 0.2) is 12.4 Å². The van der Waals surface area contributed by atoms with Gasteiger partial charge >= 0.3 is 5.97 Å². The van der Waals surface area contributed by atoms with Gasteiger partial charge in [0.2, 0.25) is 10.0 Å². The zero-order valence-corrected chi connectivity index (χ0v) is 15.5. The number of ether oxygens (including phenoxy) is 1. The minimum atomic E-state index is -3.71. The molecule has 0 fully saturated rings. The molecule has 0 aliphatic carbocycles. The lowest BCUT2D eigenvalue weighted by Crippen LogP contribution is -2.28. The number of hydrogen-bond acceptors (Lipinski definition) is 5. The second-order valence-corrected chi connectivity index (χ2v) is 7.60. The highest BCUT2D eigenvalue weighted by Crippen LogP contribution is 2.16. The molecule has 0 aliphatic heterocycles. The van der Waals surface area contributed by atoms with Crippen LogP contribution in [0, 0.1) is 13.8 Å². The lowest BCUT2D eigenvalue weighted by atomic mass is 10.1. The second kappa shape index (κ2) is 8.73. The second-order valence-electron chi connectivity index (χ2n) is 5.87. The first kappa shape index (κ1) is 19.8. The maximum absolute atomic E-state index is 12.3. The highest BCUT2D eigenvalue weighted by molar-refractivity contribution is 7.89. The molecule has 1 N–H and O–H groups in total. The van der Waals surface area contributed by atoms with E-state index in [4.69, 9.17) is 4.74 Å². The van der Waals surface area contributed by atoms with E-state index in [9.17, 15) is 18.0 Å². The van der Waals surface area contributed by atoms with Gasteiger partial charge in [-0.15, -0.1) is 0 Å². The summed E-state index contributed by atoms with van der Waals surface area (Å²) in [6, 6.07) is 13.6. The predicted molar refractivity (Wildman–Crippen MR) is 97.5 cm³/mol. The van der Waals surface area contributed by atoms with E-state index < -0.39 is 16.0 Å².